The van der Waals surface area contributed by atoms with Crippen LogP contribution in [-0.2, 0) is 4.79 Å². The van der Waals surface area contributed by atoms with E-state index in [1.165, 1.54) is 0 Å². The van der Waals surface area contributed by atoms with Gasteiger partial charge in [-0.05, 0) is 25.4 Å². The fourth-order valence-electron chi connectivity index (χ4n) is 1.07. The van der Waals surface area contributed by atoms with Crippen LogP contribution in [0.1, 0.15) is 13.8 Å². The lowest BCUT2D eigenvalue weighted by Gasteiger charge is -2.14. The standard InChI is InChI=1S/C10H16ClN5O2/c1-4-16(3)7(17)6-12-9-13-8(11)14-10(15-9)18-5-2/h4-6H2,1-3H3,(H,12,13,14,15). The number of aromatic nitrogens is 3. The molecule has 0 saturated heterocycles. The summed E-state index contributed by atoms with van der Waals surface area (Å²) < 4.78 is 5.12. The highest BCUT2D eigenvalue weighted by Crippen LogP contribution is 2.10. The monoisotopic (exact) mass is 273 g/mol. The molecule has 0 saturated carbocycles. The number of rotatable bonds is 6. The predicted molar refractivity (Wildman–Crippen MR) is 67.8 cm³/mol. The Balaban J connectivity index is 2.64. The molecule has 0 unspecified atom stereocenters. The van der Waals surface area contributed by atoms with Gasteiger partial charge in [0, 0.05) is 13.6 Å². The number of ether oxygens (including phenoxy) is 1. The van der Waals surface area contributed by atoms with Gasteiger partial charge in [-0.25, -0.2) is 0 Å². The average Bonchev–Trinajstić information content (AvgIpc) is 2.34. The zero-order chi connectivity index (χ0) is 13.5. The fraction of sp³-hybridized carbons (Fsp3) is 0.600. The van der Waals surface area contributed by atoms with E-state index in [9.17, 15) is 4.79 Å². The molecule has 0 aromatic carbocycles. The molecule has 0 aliphatic rings. The summed E-state index contributed by atoms with van der Waals surface area (Å²) in [5.41, 5.74) is 0. The second-order valence-electron chi connectivity index (χ2n) is 3.41. The molecular weight excluding hydrogens is 258 g/mol. The van der Waals surface area contributed by atoms with Crippen LogP contribution < -0.4 is 10.1 Å². The predicted octanol–water partition coefficient (Wildman–Crippen LogP) is 0.814. The quantitative estimate of drug-likeness (QED) is 0.826. The van der Waals surface area contributed by atoms with Crippen LogP contribution in [0.15, 0.2) is 0 Å². The Labute approximate surface area is 111 Å². The van der Waals surface area contributed by atoms with Crippen molar-refractivity contribution in [3.63, 3.8) is 0 Å². The van der Waals surface area contributed by atoms with Crippen molar-refractivity contribution in [3.05, 3.63) is 5.28 Å². The topological polar surface area (TPSA) is 80.2 Å². The first kappa shape index (κ1) is 14.4. The first-order valence-corrected chi connectivity index (χ1v) is 5.96. The molecule has 18 heavy (non-hydrogen) atoms. The van der Waals surface area contributed by atoms with E-state index >= 15 is 0 Å². The number of carbonyl (C=O) groups is 1. The molecule has 0 aliphatic heterocycles. The Morgan fingerprint density at radius 3 is 2.72 bits per heavy atom. The first-order valence-electron chi connectivity index (χ1n) is 5.59. The van der Waals surface area contributed by atoms with E-state index in [4.69, 9.17) is 16.3 Å². The molecule has 0 spiro atoms. The maximum absolute atomic E-state index is 11.6. The lowest BCUT2D eigenvalue weighted by Crippen LogP contribution is -2.32. The van der Waals surface area contributed by atoms with E-state index in [0.717, 1.165) is 0 Å². The molecule has 1 aromatic rings. The van der Waals surface area contributed by atoms with Gasteiger partial charge in [-0.3, -0.25) is 4.79 Å². The van der Waals surface area contributed by atoms with Crippen molar-refractivity contribution >= 4 is 23.5 Å². The van der Waals surface area contributed by atoms with Gasteiger partial charge in [0.1, 0.15) is 0 Å². The lowest BCUT2D eigenvalue weighted by atomic mass is 10.5. The molecule has 1 aromatic heterocycles. The molecule has 7 nitrogen and oxygen atoms in total. The summed E-state index contributed by atoms with van der Waals surface area (Å²) in [6.07, 6.45) is 0. The smallest absolute Gasteiger partial charge is 0.322 e. The van der Waals surface area contributed by atoms with Crippen LogP contribution in [0.5, 0.6) is 6.01 Å². The number of anilines is 1. The van der Waals surface area contributed by atoms with Gasteiger partial charge in [-0.2, -0.15) is 15.0 Å². The molecule has 0 fully saturated rings. The van der Waals surface area contributed by atoms with Crippen molar-refractivity contribution in [2.75, 3.05) is 32.1 Å². The number of halogens is 1. The van der Waals surface area contributed by atoms with Crippen molar-refractivity contribution < 1.29 is 9.53 Å². The zero-order valence-corrected chi connectivity index (χ0v) is 11.4. The number of carbonyl (C=O) groups excluding carboxylic acids is 1. The van der Waals surface area contributed by atoms with Crippen LogP contribution in [0.25, 0.3) is 0 Å². The highest BCUT2D eigenvalue weighted by molar-refractivity contribution is 6.28. The number of likely N-dealkylation sites (N-methyl/N-ethyl adjacent to an activating group) is 1. The minimum absolute atomic E-state index is 0.0206. The molecule has 1 N–H and O–H groups in total. The summed E-state index contributed by atoms with van der Waals surface area (Å²) in [6.45, 7) is 4.87. The Morgan fingerprint density at radius 2 is 2.11 bits per heavy atom. The average molecular weight is 274 g/mol. The van der Waals surface area contributed by atoms with Gasteiger partial charge in [0.15, 0.2) is 0 Å². The lowest BCUT2D eigenvalue weighted by molar-refractivity contribution is -0.127. The third-order valence-corrected chi connectivity index (χ3v) is 2.33. The summed E-state index contributed by atoms with van der Waals surface area (Å²) in [5.74, 6) is 0.156. The Morgan fingerprint density at radius 1 is 1.39 bits per heavy atom. The molecule has 1 rings (SSSR count). The number of nitrogens with one attached hydrogen (secondary N) is 1. The molecular formula is C10H16ClN5O2. The van der Waals surface area contributed by atoms with Gasteiger partial charge in [-0.15, -0.1) is 0 Å². The molecule has 1 heterocycles. The number of hydrogen-bond acceptors (Lipinski definition) is 6. The third kappa shape index (κ3) is 4.33. The van der Waals surface area contributed by atoms with E-state index in [1.807, 2.05) is 13.8 Å². The van der Waals surface area contributed by atoms with Crippen LogP contribution in [0, 0.1) is 0 Å². The molecule has 0 radical (unpaired) electrons. The van der Waals surface area contributed by atoms with Crippen LogP contribution in [-0.4, -0.2) is 52.5 Å². The molecule has 8 heteroatoms. The van der Waals surface area contributed by atoms with Crippen molar-refractivity contribution in [2.45, 2.75) is 13.8 Å². The van der Waals surface area contributed by atoms with Gasteiger partial charge in [0.05, 0.1) is 13.2 Å². The van der Waals surface area contributed by atoms with Crippen molar-refractivity contribution in [3.8, 4) is 6.01 Å². The van der Waals surface area contributed by atoms with E-state index in [2.05, 4.69) is 20.3 Å². The minimum Gasteiger partial charge on any atom is -0.464 e. The SMILES string of the molecule is CCOc1nc(Cl)nc(NCC(=O)N(C)CC)n1. The van der Waals surface area contributed by atoms with Crippen molar-refractivity contribution in [1.82, 2.24) is 19.9 Å². The van der Waals surface area contributed by atoms with E-state index in [-0.39, 0.29) is 29.7 Å². The number of hydrogen-bond donors (Lipinski definition) is 1. The highest BCUT2D eigenvalue weighted by Gasteiger charge is 2.09. The van der Waals surface area contributed by atoms with Gasteiger partial charge >= 0.3 is 6.01 Å². The summed E-state index contributed by atoms with van der Waals surface area (Å²) >= 11 is 5.71. The van der Waals surface area contributed by atoms with E-state index in [1.54, 1.807) is 11.9 Å². The van der Waals surface area contributed by atoms with Gasteiger partial charge in [0.2, 0.25) is 17.1 Å². The normalized spacial score (nSPS) is 10.0. The Bertz CT molecular complexity index is 415. The summed E-state index contributed by atoms with van der Waals surface area (Å²) in [5, 5.41) is 2.80. The van der Waals surface area contributed by atoms with Gasteiger partial charge < -0.3 is 15.0 Å². The third-order valence-electron chi connectivity index (χ3n) is 2.16. The second-order valence-corrected chi connectivity index (χ2v) is 3.74. The van der Waals surface area contributed by atoms with Crippen molar-refractivity contribution in [1.29, 1.82) is 0 Å². The maximum atomic E-state index is 11.6. The molecule has 1 amide bonds. The number of amides is 1. The highest BCUT2D eigenvalue weighted by atomic mass is 35.5. The molecule has 0 bridgehead atoms. The summed E-state index contributed by atoms with van der Waals surface area (Å²) in [7, 11) is 1.72. The molecule has 0 aliphatic carbocycles. The molecule has 0 atom stereocenters. The summed E-state index contributed by atoms with van der Waals surface area (Å²) in [4.78, 5) is 24.8. The minimum atomic E-state index is -0.0630. The van der Waals surface area contributed by atoms with E-state index in [0.29, 0.717) is 13.2 Å². The van der Waals surface area contributed by atoms with Gasteiger partial charge in [0.25, 0.3) is 0 Å². The Kier molecular flexibility index (Phi) is 5.57. The number of nitrogens with zero attached hydrogens (tertiary/aromatic N) is 4. The van der Waals surface area contributed by atoms with Crippen LogP contribution >= 0.6 is 11.6 Å². The van der Waals surface area contributed by atoms with Crippen LogP contribution in [0.4, 0.5) is 5.95 Å². The second kappa shape index (κ2) is 6.95. The van der Waals surface area contributed by atoms with E-state index < -0.39 is 0 Å². The van der Waals surface area contributed by atoms with Gasteiger partial charge in [-0.1, -0.05) is 0 Å². The Hall–Kier alpha value is -1.63. The first-order chi connectivity index (χ1) is 8.56. The zero-order valence-electron chi connectivity index (χ0n) is 10.6. The fourth-order valence-corrected chi connectivity index (χ4v) is 1.22. The van der Waals surface area contributed by atoms with Crippen LogP contribution in [0.2, 0.25) is 5.28 Å². The summed E-state index contributed by atoms with van der Waals surface area (Å²) in [6, 6.07) is 0.135. The van der Waals surface area contributed by atoms with Crippen molar-refractivity contribution in [2.24, 2.45) is 0 Å². The largest absolute Gasteiger partial charge is 0.464 e. The maximum Gasteiger partial charge on any atom is 0.322 e. The van der Waals surface area contributed by atoms with Crippen LogP contribution in [0.3, 0.4) is 0 Å². The molecule has 100 valence electrons.